The van der Waals surface area contributed by atoms with E-state index in [0.29, 0.717) is 0 Å². The molecule has 0 spiro atoms. The maximum Gasteiger partial charge on any atom is 0.132 e. The smallest absolute Gasteiger partial charge is 0.132 e. The summed E-state index contributed by atoms with van der Waals surface area (Å²) in [4.78, 5) is 10.9. The number of hydrogen-bond donors (Lipinski definition) is 0. The van der Waals surface area contributed by atoms with E-state index >= 15 is 0 Å². The van der Waals surface area contributed by atoms with Crippen molar-refractivity contribution in [1.29, 1.82) is 0 Å². The predicted octanol–water partition coefficient (Wildman–Crippen LogP) is 5.05. The van der Waals surface area contributed by atoms with Gasteiger partial charge in [-0.3, -0.25) is 9.38 Å². The number of halogens is 1. The fraction of sp³-hybridized carbons (Fsp3) is 0.474. The van der Waals surface area contributed by atoms with Crippen LogP contribution in [0.5, 0.6) is 0 Å². The number of allylic oxidation sites excluding steroid dienone is 3. The Morgan fingerprint density at radius 1 is 1.39 bits per heavy atom. The normalized spacial score (nSPS) is 13.7. The maximum absolute atomic E-state index is 13.1. The Morgan fingerprint density at radius 3 is 2.57 bits per heavy atom. The molecular formula is C19H28FN3. The molecule has 0 aliphatic carbocycles. The van der Waals surface area contributed by atoms with Gasteiger partial charge < -0.3 is 4.90 Å². The van der Waals surface area contributed by atoms with Crippen LogP contribution in [0.4, 0.5) is 10.2 Å². The molecule has 126 valence electrons. The van der Waals surface area contributed by atoms with E-state index in [0.717, 1.165) is 29.2 Å². The highest BCUT2D eigenvalue weighted by Gasteiger charge is 2.21. The van der Waals surface area contributed by atoms with Gasteiger partial charge in [0.1, 0.15) is 5.82 Å². The maximum atomic E-state index is 13.1. The molecule has 1 aromatic rings. The Kier molecular flexibility index (Phi) is 7.14. The molecule has 1 aromatic heterocycles. The summed E-state index contributed by atoms with van der Waals surface area (Å²) in [5, 5.41) is 0. The molecule has 0 saturated heterocycles. The van der Waals surface area contributed by atoms with Crippen LogP contribution in [0.1, 0.15) is 46.6 Å². The van der Waals surface area contributed by atoms with Gasteiger partial charge in [-0.2, -0.15) is 0 Å². The van der Waals surface area contributed by atoms with Crippen LogP contribution in [0.15, 0.2) is 47.4 Å². The van der Waals surface area contributed by atoms with E-state index in [2.05, 4.69) is 23.0 Å². The number of aliphatic imine (C=N–C) groups is 1. The molecule has 0 bridgehead atoms. The molecule has 1 rings (SSSR count). The molecule has 0 aliphatic rings. The lowest BCUT2D eigenvalue weighted by Gasteiger charge is -2.24. The van der Waals surface area contributed by atoms with Crippen LogP contribution in [-0.4, -0.2) is 24.4 Å². The fourth-order valence-electron chi connectivity index (χ4n) is 2.16. The number of nitrogens with zero attached hydrogens (tertiary/aromatic N) is 3. The standard InChI is InChI=1S/C19H28FN3/c1-7-9-17(15(3)21-12-8-2)23(6)18-11-10-16(13-22-18)19(4,5)14-20/h8-13H,7,14H2,1-6H3/b12-8-,17-9-,21-15+. The van der Waals surface area contributed by atoms with Crippen molar-refractivity contribution in [2.45, 2.75) is 46.5 Å². The fourth-order valence-corrected chi connectivity index (χ4v) is 2.16. The van der Waals surface area contributed by atoms with Crippen molar-refractivity contribution in [3.05, 3.63) is 47.9 Å². The van der Waals surface area contributed by atoms with Crippen LogP contribution in [0, 0.1) is 0 Å². The van der Waals surface area contributed by atoms with E-state index < -0.39 is 12.1 Å². The lowest BCUT2D eigenvalue weighted by atomic mass is 9.87. The van der Waals surface area contributed by atoms with Gasteiger partial charge in [-0.05, 0) is 31.9 Å². The lowest BCUT2D eigenvalue weighted by molar-refractivity contribution is 0.350. The zero-order chi connectivity index (χ0) is 17.5. The second-order valence-corrected chi connectivity index (χ2v) is 6.18. The highest BCUT2D eigenvalue weighted by molar-refractivity contribution is 6.01. The summed E-state index contributed by atoms with van der Waals surface area (Å²) in [6.45, 7) is 9.37. The second-order valence-electron chi connectivity index (χ2n) is 6.18. The first-order valence-corrected chi connectivity index (χ1v) is 7.99. The third kappa shape index (κ3) is 5.02. The van der Waals surface area contributed by atoms with Crippen molar-refractivity contribution >= 4 is 11.5 Å². The van der Waals surface area contributed by atoms with Gasteiger partial charge in [0, 0.05) is 24.9 Å². The summed E-state index contributed by atoms with van der Waals surface area (Å²) < 4.78 is 13.1. The Hall–Kier alpha value is -1.97. The van der Waals surface area contributed by atoms with Gasteiger partial charge in [0.25, 0.3) is 0 Å². The minimum Gasteiger partial charge on any atom is -0.328 e. The van der Waals surface area contributed by atoms with Crippen LogP contribution in [0.3, 0.4) is 0 Å². The van der Waals surface area contributed by atoms with E-state index in [1.165, 1.54) is 0 Å². The summed E-state index contributed by atoms with van der Waals surface area (Å²) in [5.41, 5.74) is 2.35. The summed E-state index contributed by atoms with van der Waals surface area (Å²) in [7, 11) is 1.97. The molecule has 0 unspecified atom stereocenters. The first-order valence-electron chi connectivity index (χ1n) is 7.99. The number of pyridine rings is 1. The molecule has 3 nitrogen and oxygen atoms in total. The molecule has 4 heteroatoms. The molecule has 0 fully saturated rings. The van der Waals surface area contributed by atoms with Gasteiger partial charge >= 0.3 is 0 Å². The molecule has 0 aromatic carbocycles. The summed E-state index contributed by atoms with van der Waals surface area (Å²) in [6.07, 6.45) is 8.48. The van der Waals surface area contributed by atoms with E-state index in [4.69, 9.17) is 0 Å². The monoisotopic (exact) mass is 317 g/mol. The summed E-state index contributed by atoms with van der Waals surface area (Å²) in [6, 6.07) is 3.87. The molecule has 0 radical (unpaired) electrons. The minimum absolute atomic E-state index is 0.403. The Labute approximate surface area is 139 Å². The molecule has 0 atom stereocenters. The van der Waals surface area contributed by atoms with Gasteiger partial charge in [0.2, 0.25) is 0 Å². The van der Waals surface area contributed by atoms with Gasteiger partial charge in [-0.15, -0.1) is 0 Å². The van der Waals surface area contributed by atoms with Crippen LogP contribution in [0.25, 0.3) is 0 Å². The number of hydrogen-bond acceptors (Lipinski definition) is 3. The van der Waals surface area contributed by atoms with Crippen molar-refractivity contribution in [1.82, 2.24) is 4.98 Å². The molecule has 0 saturated carbocycles. The van der Waals surface area contributed by atoms with Crippen molar-refractivity contribution in [2.24, 2.45) is 4.99 Å². The van der Waals surface area contributed by atoms with Crippen molar-refractivity contribution < 1.29 is 4.39 Å². The first kappa shape index (κ1) is 19.1. The second kappa shape index (κ2) is 8.61. The SMILES string of the molecule is C\C=C/N=C(C)/C(=C/CC)N(C)c1ccc(C(C)(C)CF)cn1. The zero-order valence-electron chi connectivity index (χ0n) is 15.1. The highest BCUT2D eigenvalue weighted by Crippen LogP contribution is 2.25. The van der Waals surface area contributed by atoms with Crippen molar-refractivity contribution in [2.75, 3.05) is 18.6 Å². The van der Waals surface area contributed by atoms with E-state index in [1.807, 2.05) is 57.9 Å². The van der Waals surface area contributed by atoms with Crippen LogP contribution in [0.2, 0.25) is 0 Å². The van der Waals surface area contributed by atoms with Crippen molar-refractivity contribution in [3.8, 4) is 0 Å². The third-order valence-corrected chi connectivity index (χ3v) is 3.75. The molecule has 0 N–H and O–H groups in total. The topological polar surface area (TPSA) is 28.5 Å². The van der Waals surface area contributed by atoms with Crippen LogP contribution in [-0.2, 0) is 5.41 Å². The van der Waals surface area contributed by atoms with Crippen LogP contribution < -0.4 is 4.90 Å². The Morgan fingerprint density at radius 2 is 2.09 bits per heavy atom. The molecule has 0 amide bonds. The van der Waals surface area contributed by atoms with Gasteiger partial charge in [-0.1, -0.05) is 39.0 Å². The number of alkyl halides is 1. The Bertz CT molecular complexity index is 583. The predicted molar refractivity (Wildman–Crippen MR) is 97.9 cm³/mol. The number of aromatic nitrogens is 1. The summed E-state index contributed by atoms with van der Waals surface area (Å²) >= 11 is 0. The number of rotatable bonds is 7. The number of anilines is 1. The van der Waals surface area contributed by atoms with Gasteiger partial charge in [0.05, 0.1) is 18.1 Å². The third-order valence-electron chi connectivity index (χ3n) is 3.75. The van der Waals surface area contributed by atoms with Gasteiger partial charge in [0.15, 0.2) is 0 Å². The van der Waals surface area contributed by atoms with Crippen molar-refractivity contribution in [3.63, 3.8) is 0 Å². The minimum atomic E-state index is -0.504. The van der Waals surface area contributed by atoms with E-state index in [9.17, 15) is 4.39 Å². The quantitative estimate of drug-likeness (QED) is 0.658. The lowest BCUT2D eigenvalue weighted by Crippen LogP contribution is -2.24. The van der Waals surface area contributed by atoms with Gasteiger partial charge in [-0.25, -0.2) is 4.98 Å². The molecule has 1 heterocycles. The average Bonchev–Trinajstić information content (AvgIpc) is 2.57. The largest absolute Gasteiger partial charge is 0.328 e. The van der Waals surface area contributed by atoms with E-state index in [-0.39, 0.29) is 0 Å². The highest BCUT2D eigenvalue weighted by atomic mass is 19.1. The molecular weight excluding hydrogens is 289 g/mol. The summed E-state index contributed by atoms with van der Waals surface area (Å²) in [5.74, 6) is 0.818. The zero-order valence-corrected chi connectivity index (χ0v) is 15.1. The first-order chi connectivity index (χ1) is 10.9. The average molecular weight is 317 g/mol. The van der Waals surface area contributed by atoms with Crippen LogP contribution >= 0.6 is 0 Å². The Balaban J connectivity index is 3.11. The molecule has 23 heavy (non-hydrogen) atoms. The molecule has 0 aliphatic heterocycles. The van der Waals surface area contributed by atoms with E-state index in [1.54, 1.807) is 12.4 Å².